The first-order valence-electron chi connectivity index (χ1n) is 10.3. The van der Waals surface area contributed by atoms with Gasteiger partial charge in [-0.25, -0.2) is 16.8 Å². The Morgan fingerprint density at radius 2 is 1.39 bits per heavy atom. The summed E-state index contributed by atoms with van der Waals surface area (Å²) in [5, 5.41) is 0.0308. The van der Waals surface area contributed by atoms with Crippen molar-refractivity contribution < 1.29 is 26.3 Å². The molecule has 0 spiro atoms. The third-order valence-electron chi connectivity index (χ3n) is 4.70. The first-order valence-corrected chi connectivity index (χ1v) is 14.8. The van der Waals surface area contributed by atoms with Crippen molar-refractivity contribution in [2.75, 3.05) is 30.6 Å². The van der Waals surface area contributed by atoms with Gasteiger partial charge in [0.25, 0.3) is 0 Å². The van der Waals surface area contributed by atoms with Gasteiger partial charge in [0.1, 0.15) is 15.6 Å². The Morgan fingerprint density at radius 3 is 1.91 bits per heavy atom. The van der Waals surface area contributed by atoms with E-state index in [0.717, 1.165) is 0 Å². The number of hydrogen-bond acceptors (Lipinski definition) is 6. The number of sulfone groups is 2. The zero-order valence-corrected chi connectivity index (χ0v) is 22.5. The van der Waals surface area contributed by atoms with Crippen molar-refractivity contribution in [3.8, 4) is 11.5 Å². The largest absolute Gasteiger partial charge is 0.493 e. The van der Waals surface area contributed by atoms with Gasteiger partial charge in [-0.1, -0.05) is 44.0 Å². The van der Waals surface area contributed by atoms with E-state index in [4.69, 9.17) is 44.3 Å². The number of halogens is 3. The molecule has 0 bridgehead atoms. The Bertz CT molecular complexity index is 1130. The van der Waals surface area contributed by atoms with Crippen LogP contribution in [0.5, 0.6) is 11.5 Å². The van der Waals surface area contributed by atoms with Crippen molar-refractivity contribution in [2.45, 2.75) is 30.6 Å². The van der Waals surface area contributed by atoms with Gasteiger partial charge in [-0.2, -0.15) is 0 Å². The van der Waals surface area contributed by atoms with E-state index in [2.05, 4.69) is 0 Å². The van der Waals surface area contributed by atoms with Crippen molar-refractivity contribution >= 4 is 54.5 Å². The molecule has 33 heavy (non-hydrogen) atoms. The highest BCUT2D eigenvalue weighted by Crippen LogP contribution is 2.37. The first-order chi connectivity index (χ1) is 15.4. The lowest BCUT2D eigenvalue weighted by Gasteiger charge is -2.16. The Hall–Kier alpha value is -1.19. The van der Waals surface area contributed by atoms with Crippen LogP contribution in [0.1, 0.15) is 20.8 Å². The number of ether oxygens (including phenoxy) is 2. The zero-order chi connectivity index (χ0) is 24.8. The Kier molecular flexibility index (Phi) is 10.2. The summed E-state index contributed by atoms with van der Waals surface area (Å²) in [5.74, 6) is 0.989. The molecule has 184 valence electrons. The molecule has 0 unspecified atom stereocenters. The van der Waals surface area contributed by atoms with Crippen LogP contribution in [0.15, 0.2) is 46.2 Å². The third kappa shape index (κ3) is 7.92. The molecule has 0 saturated carbocycles. The maximum atomic E-state index is 13.0. The zero-order valence-electron chi connectivity index (χ0n) is 18.6. The predicted molar refractivity (Wildman–Crippen MR) is 133 cm³/mol. The summed E-state index contributed by atoms with van der Waals surface area (Å²) in [6.07, 6.45) is 0. The summed E-state index contributed by atoms with van der Waals surface area (Å²) in [7, 11) is -7.05. The highest BCUT2D eigenvalue weighted by atomic mass is 35.5. The fourth-order valence-electron chi connectivity index (χ4n) is 2.79. The number of rotatable bonds is 12. The van der Waals surface area contributed by atoms with E-state index in [9.17, 15) is 16.8 Å². The van der Waals surface area contributed by atoms with Crippen LogP contribution in [0.3, 0.4) is 0 Å². The van der Waals surface area contributed by atoms with Crippen LogP contribution in [0.25, 0.3) is 0 Å². The molecule has 0 N–H and O–H groups in total. The third-order valence-corrected chi connectivity index (χ3v) is 9.50. The molecule has 2 aromatic rings. The van der Waals surface area contributed by atoms with Crippen LogP contribution in [-0.2, 0) is 19.7 Å². The van der Waals surface area contributed by atoms with Gasteiger partial charge in [0, 0.05) is 23.5 Å². The normalized spacial score (nSPS) is 14.0. The first kappa shape index (κ1) is 28.1. The molecule has 0 amide bonds. The van der Waals surface area contributed by atoms with Crippen LogP contribution in [0.4, 0.5) is 0 Å². The molecule has 0 fully saturated rings. The molecule has 0 aliphatic carbocycles. The molecule has 0 radical (unpaired) electrons. The van der Waals surface area contributed by atoms with Gasteiger partial charge in [-0.05, 0) is 36.4 Å². The Morgan fingerprint density at radius 1 is 0.848 bits per heavy atom. The highest BCUT2D eigenvalue weighted by molar-refractivity contribution is 7.91. The second kappa shape index (κ2) is 12.0. The maximum absolute atomic E-state index is 13.0. The van der Waals surface area contributed by atoms with E-state index in [-0.39, 0.29) is 55.5 Å². The molecule has 0 heterocycles. The van der Waals surface area contributed by atoms with Crippen LogP contribution in [0, 0.1) is 11.8 Å². The molecule has 2 atom stereocenters. The van der Waals surface area contributed by atoms with Crippen molar-refractivity contribution in [1.82, 2.24) is 0 Å². The van der Waals surface area contributed by atoms with Crippen molar-refractivity contribution in [3.63, 3.8) is 0 Å². The molecule has 2 rings (SSSR count). The topological polar surface area (TPSA) is 86.7 Å². The lowest BCUT2D eigenvalue weighted by Crippen LogP contribution is -2.21. The van der Waals surface area contributed by atoms with Crippen LogP contribution in [0.2, 0.25) is 10.0 Å². The fourth-order valence-corrected chi connectivity index (χ4v) is 6.11. The summed E-state index contributed by atoms with van der Waals surface area (Å²) >= 11 is 18.3. The lowest BCUT2D eigenvalue weighted by atomic mass is 10.2. The average Bonchev–Trinajstić information content (AvgIpc) is 2.76. The predicted octanol–water partition coefficient (Wildman–Crippen LogP) is 5.53. The average molecular weight is 558 g/mol. The van der Waals surface area contributed by atoms with E-state index < -0.39 is 19.7 Å². The Labute approximate surface area is 211 Å². The van der Waals surface area contributed by atoms with Crippen molar-refractivity contribution in [1.29, 1.82) is 0 Å². The van der Waals surface area contributed by atoms with E-state index in [1.165, 1.54) is 24.3 Å². The SMILES string of the molecule is CCS(=O)(=O)C[C@@H](C)COc1c(Cl)cc(S(=O)(=O)c2ccc(OC[C@H](C)CCl)cc2)cc1Cl. The summed E-state index contributed by atoms with van der Waals surface area (Å²) in [6, 6.07) is 8.55. The molecular formula is C22H27Cl3O6S2. The lowest BCUT2D eigenvalue weighted by molar-refractivity contribution is 0.272. The van der Waals surface area contributed by atoms with E-state index in [0.29, 0.717) is 18.2 Å². The minimum absolute atomic E-state index is 0.0154. The van der Waals surface area contributed by atoms with Gasteiger partial charge >= 0.3 is 0 Å². The van der Waals surface area contributed by atoms with Crippen molar-refractivity contribution in [3.05, 3.63) is 46.4 Å². The van der Waals surface area contributed by atoms with Gasteiger partial charge in [-0.15, -0.1) is 11.6 Å². The van der Waals surface area contributed by atoms with Gasteiger partial charge in [-0.3, -0.25) is 0 Å². The number of benzene rings is 2. The molecule has 2 aromatic carbocycles. The maximum Gasteiger partial charge on any atom is 0.206 e. The standard InChI is InChI=1S/C22H27Cl3O6S2/c1-4-32(26,27)14-16(3)13-31-22-20(24)9-19(10-21(22)25)33(28,29)18-7-5-17(6-8-18)30-12-15(2)11-23/h5-10,15-16H,4,11-14H2,1-3H3/t15-,16+/m1/s1. The highest BCUT2D eigenvalue weighted by Gasteiger charge is 2.22. The molecule has 0 aliphatic rings. The molecular weight excluding hydrogens is 531 g/mol. The molecule has 11 heteroatoms. The summed E-state index contributed by atoms with van der Waals surface area (Å²) < 4.78 is 60.8. The number of alkyl halides is 1. The minimum atomic E-state index is -3.89. The Balaban J connectivity index is 2.17. The van der Waals surface area contributed by atoms with Gasteiger partial charge in [0.2, 0.25) is 9.84 Å². The minimum Gasteiger partial charge on any atom is -0.493 e. The monoisotopic (exact) mass is 556 g/mol. The molecule has 0 aliphatic heterocycles. The summed E-state index contributed by atoms with van der Waals surface area (Å²) in [6.45, 7) is 5.75. The van der Waals surface area contributed by atoms with Crippen LogP contribution < -0.4 is 9.47 Å². The van der Waals surface area contributed by atoms with Crippen LogP contribution in [-0.4, -0.2) is 47.4 Å². The smallest absolute Gasteiger partial charge is 0.206 e. The van der Waals surface area contributed by atoms with Gasteiger partial charge in [0.15, 0.2) is 5.75 Å². The second-order valence-corrected chi connectivity index (χ2v) is 13.3. The summed E-state index contributed by atoms with van der Waals surface area (Å²) in [5.41, 5.74) is 0. The van der Waals surface area contributed by atoms with E-state index in [1.54, 1.807) is 26.0 Å². The molecule has 0 saturated heterocycles. The number of hydrogen-bond donors (Lipinski definition) is 0. The summed E-state index contributed by atoms with van der Waals surface area (Å²) in [4.78, 5) is -0.0321. The van der Waals surface area contributed by atoms with Gasteiger partial charge < -0.3 is 9.47 Å². The van der Waals surface area contributed by atoms with Crippen LogP contribution >= 0.6 is 34.8 Å². The second-order valence-electron chi connectivity index (χ2n) is 7.88. The fraction of sp³-hybridized carbons (Fsp3) is 0.455. The molecule has 0 aromatic heterocycles. The quantitative estimate of drug-likeness (QED) is 0.319. The van der Waals surface area contributed by atoms with E-state index in [1.807, 2.05) is 6.92 Å². The van der Waals surface area contributed by atoms with E-state index >= 15 is 0 Å². The van der Waals surface area contributed by atoms with Gasteiger partial charge in [0.05, 0.1) is 38.8 Å². The molecule has 6 nitrogen and oxygen atoms in total. The van der Waals surface area contributed by atoms with Crippen molar-refractivity contribution in [2.24, 2.45) is 11.8 Å².